The first-order valence-electron chi connectivity index (χ1n) is 7.71. The highest BCUT2D eigenvalue weighted by Crippen LogP contribution is 2.25. The summed E-state index contributed by atoms with van der Waals surface area (Å²) in [6.07, 6.45) is 5.54. The lowest BCUT2D eigenvalue weighted by molar-refractivity contribution is 0.172. The Labute approximate surface area is 123 Å². The minimum Gasteiger partial charge on any atom is -0.303 e. The van der Waals surface area contributed by atoms with E-state index in [0.717, 1.165) is 11.7 Å². The van der Waals surface area contributed by atoms with Crippen LogP contribution in [0, 0.1) is 5.92 Å². The van der Waals surface area contributed by atoms with Crippen LogP contribution in [0.15, 0.2) is 30.3 Å². The maximum atomic E-state index is 4.55. The first kappa shape index (κ1) is 14.9. The largest absolute Gasteiger partial charge is 0.303 e. The Bertz CT molecular complexity index is 344. The number of likely N-dealkylation sites (tertiary alicyclic amines) is 1. The van der Waals surface area contributed by atoms with Crippen molar-refractivity contribution in [3.8, 4) is 0 Å². The van der Waals surface area contributed by atoms with Gasteiger partial charge < -0.3 is 4.90 Å². The Morgan fingerprint density at radius 3 is 2.47 bits per heavy atom. The van der Waals surface area contributed by atoms with Gasteiger partial charge in [0, 0.05) is 12.5 Å². The topological polar surface area (TPSA) is 3.24 Å². The number of nitrogens with zero attached hydrogens (tertiary/aromatic N) is 1. The Morgan fingerprint density at radius 1 is 1.21 bits per heavy atom. The number of hydrogen-bond donors (Lipinski definition) is 1. The quantitative estimate of drug-likeness (QED) is 0.762. The van der Waals surface area contributed by atoms with E-state index in [1.807, 2.05) is 0 Å². The Morgan fingerprint density at radius 2 is 1.89 bits per heavy atom. The van der Waals surface area contributed by atoms with Crippen LogP contribution in [0.25, 0.3) is 0 Å². The minimum absolute atomic E-state index is 0.576. The summed E-state index contributed by atoms with van der Waals surface area (Å²) in [7, 11) is 0. The van der Waals surface area contributed by atoms with Crippen LogP contribution in [0.2, 0.25) is 0 Å². The average molecular weight is 277 g/mol. The molecule has 0 spiro atoms. The molecule has 1 aromatic carbocycles. The summed E-state index contributed by atoms with van der Waals surface area (Å²) in [6.45, 7) is 6.04. The molecule has 0 amide bonds. The van der Waals surface area contributed by atoms with Gasteiger partial charge in [0.2, 0.25) is 0 Å². The van der Waals surface area contributed by atoms with Crippen LogP contribution >= 0.6 is 12.6 Å². The summed E-state index contributed by atoms with van der Waals surface area (Å²) in [5, 5.41) is 0. The van der Waals surface area contributed by atoms with Gasteiger partial charge >= 0.3 is 0 Å². The highest BCUT2D eigenvalue weighted by atomic mass is 32.1. The van der Waals surface area contributed by atoms with Crippen molar-refractivity contribution in [2.45, 2.75) is 38.5 Å². The minimum atomic E-state index is 0.576. The van der Waals surface area contributed by atoms with Crippen LogP contribution in [0.1, 0.15) is 44.1 Å². The third-order valence-electron chi connectivity index (χ3n) is 4.37. The second-order valence-corrected chi connectivity index (χ2v) is 6.19. The van der Waals surface area contributed by atoms with Gasteiger partial charge in [0.25, 0.3) is 0 Å². The molecule has 1 atom stereocenters. The lowest BCUT2D eigenvalue weighted by Crippen LogP contribution is -2.37. The molecule has 0 aliphatic carbocycles. The fourth-order valence-corrected chi connectivity index (χ4v) is 3.50. The second-order valence-electron chi connectivity index (χ2n) is 5.82. The van der Waals surface area contributed by atoms with Gasteiger partial charge in [0.1, 0.15) is 0 Å². The first-order valence-corrected chi connectivity index (χ1v) is 8.35. The maximum absolute atomic E-state index is 4.55. The smallest absolute Gasteiger partial charge is 0.00581 e. The molecule has 19 heavy (non-hydrogen) atoms. The van der Waals surface area contributed by atoms with Gasteiger partial charge in [-0.2, -0.15) is 12.6 Å². The second kappa shape index (κ2) is 7.96. The average Bonchev–Trinajstić information content (AvgIpc) is 2.48. The molecule has 106 valence electrons. The summed E-state index contributed by atoms with van der Waals surface area (Å²) < 4.78 is 0. The Hall–Kier alpha value is -0.470. The van der Waals surface area contributed by atoms with Gasteiger partial charge in [-0.1, -0.05) is 50.1 Å². The molecule has 1 saturated heterocycles. The highest BCUT2D eigenvalue weighted by Gasteiger charge is 2.21. The summed E-state index contributed by atoms with van der Waals surface area (Å²) in [6, 6.07) is 10.9. The van der Waals surface area contributed by atoms with E-state index < -0.39 is 0 Å². The summed E-state index contributed by atoms with van der Waals surface area (Å²) in [5.41, 5.74) is 1.44. The first-order chi connectivity index (χ1) is 9.33. The van der Waals surface area contributed by atoms with Crippen molar-refractivity contribution in [2.75, 3.05) is 25.4 Å². The number of piperidine rings is 1. The van der Waals surface area contributed by atoms with Crippen molar-refractivity contribution in [1.82, 2.24) is 4.90 Å². The number of thiol groups is 1. The van der Waals surface area contributed by atoms with E-state index in [0.29, 0.717) is 5.92 Å². The van der Waals surface area contributed by atoms with Crippen molar-refractivity contribution in [2.24, 2.45) is 5.92 Å². The standard InChI is InChI=1S/C17H27NS/c1-2-6-15-9-11-18(12-10-15)13-17(14-19)16-7-4-3-5-8-16/h3-5,7-8,15,17,19H,2,6,9-14H2,1H3. The molecular formula is C17H27NS. The van der Waals surface area contributed by atoms with Gasteiger partial charge in [0.15, 0.2) is 0 Å². The van der Waals surface area contributed by atoms with Crippen molar-refractivity contribution in [3.63, 3.8) is 0 Å². The van der Waals surface area contributed by atoms with Gasteiger partial charge in [0.05, 0.1) is 0 Å². The van der Waals surface area contributed by atoms with Crippen molar-refractivity contribution in [3.05, 3.63) is 35.9 Å². The molecule has 1 aromatic rings. The molecule has 0 N–H and O–H groups in total. The van der Waals surface area contributed by atoms with Gasteiger partial charge in [-0.25, -0.2) is 0 Å². The van der Waals surface area contributed by atoms with Gasteiger partial charge in [-0.05, 0) is 43.2 Å². The fraction of sp³-hybridized carbons (Fsp3) is 0.647. The van der Waals surface area contributed by atoms with Crippen LogP contribution in [0.5, 0.6) is 0 Å². The molecule has 1 fully saturated rings. The molecule has 0 aromatic heterocycles. The fourth-order valence-electron chi connectivity index (χ4n) is 3.17. The third-order valence-corrected chi connectivity index (χ3v) is 4.81. The van der Waals surface area contributed by atoms with E-state index in [-0.39, 0.29) is 0 Å². The number of hydrogen-bond acceptors (Lipinski definition) is 2. The molecule has 0 saturated carbocycles. The van der Waals surface area contributed by atoms with Crippen LogP contribution < -0.4 is 0 Å². The molecule has 2 rings (SSSR count). The van der Waals surface area contributed by atoms with E-state index in [2.05, 4.69) is 54.8 Å². The SMILES string of the molecule is CCCC1CCN(CC(CS)c2ccccc2)CC1. The zero-order valence-corrected chi connectivity index (χ0v) is 13.0. The predicted molar refractivity (Wildman–Crippen MR) is 87.1 cm³/mol. The zero-order chi connectivity index (χ0) is 13.5. The molecule has 1 unspecified atom stereocenters. The monoisotopic (exact) mass is 277 g/mol. The van der Waals surface area contributed by atoms with E-state index in [9.17, 15) is 0 Å². The van der Waals surface area contributed by atoms with Gasteiger partial charge in [-0.3, -0.25) is 0 Å². The van der Waals surface area contributed by atoms with Gasteiger partial charge in [-0.15, -0.1) is 0 Å². The highest BCUT2D eigenvalue weighted by molar-refractivity contribution is 7.80. The molecule has 0 radical (unpaired) electrons. The Balaban J connectivity index is 1.84. The third kappa shape index (κ3) is 4.54. The van der Waals surface area contributed by atoms with Crippen LogP contribution in [-0.2, 0) is 0 Å². The van der Waals surface area contributed by atoms with E-state index >= 15 is 0 Å². The molecule has 1 aliphatic rings. The van der Waals surface area contributed by atoms with E-state index in [1.165, 1.54) is 50.9 Å². The molecule has 0 bridgehead atoms. The summed E-state index contributed by atoms with van der Waals surface area (Å²) in [5.74, 6) is 2.50. The number of rotatable bonds is 6. The maximum Gasteiger partial charge on any atom is 0.00581 e. The zero-order valence-electron chi connectivity index (χ0n) is 12.1. The molecule has 1 nitrogen and oxygen atoms in total. The van der Waals surface area contributed by atoms with E-state index in [4.69, 9.17) is 0 Å². The molecule has 1 aliphatic heterocycles. The van der Waals surface area contributed by atoms with Crippen molar-refractivity contribution < 1.29 is 0 Å². The van der Waals surface area contributed by atoms with Crippen molar-refractivity contribution in [1.29, 1.82) is 0 Å². The predicted octanol–water partition coefficient (Wildman–Crippen LogP) is 4.21. The van der Waals surface area contributed by atoms with Crippen molar-refractivity contribution >= 4 is 12.6 Å². The lowest BCUT2D eigenvalue weighted by atomic mass is 9.91. The van der Waals surface area contributed by atoms with Crippen LogP contribution in [0.3, 0.4) is 0 Å². The van der Waals surface area contributed by atoms with E-state index in [1.54, 1.807) is 0 Å². The molecule has 1 heterocycles. The normalized spacial score (nSPS) is 19.5. The summed E-state index contributed by atoms with van der Waals surface area (Å²) >= 11 is 4.55. The molecule has 2 heteroatoms. The van der Waals surface area contributed by atoms with Crippen LogP contribution in [-0.4, -0.2) is 30.3 Å². The van der Waals surface area contributed by atoms with Crippen LogP contribution in [0.4, 0.5) is 0 Å². The number of benzene rings is 1. The summed E-state index contributed by atoms with van der Waals surface area (Å²) in [4.78, 5) is 2.64. The molecular weight excluding hydrogens is 250 g/mol. The Kier molecular flexibility index (Phi) is 6.25. The lowest BCUT2D eigenvalue weighted by Gasteiger charge is -2.34.